The van der Waals surface area contributed by atoms with E-state index >= 15 is 0 Å². The second-order valence-electron chi connectivity index (χ2n) is 8.32. The summed E-state index contributed by atoms with van der Waals surface area (Å²) in [5.74, 6) is 0.752. The summed E-state index contributed by atoms with van der Waals surface area (Å²) in [4.78, 5) is 33.1. The molecule has 0 spiro atoms. The van der Waals surface area contributed by atoms with Gasteiger partial charge in [-0.3, -0.25) is 9.59 Å². The van der Waals surface area contributed by atoms with Crippen molar-refractivity contribution < 1.29 is 23.1 Å². The molecule has 2 amide bonds. The zero-order valence-electron chi connectivity index (χ0n) is 17.8. The van der Waals surface area contributed by atoms with Gasteiger partial charge in [0.25, 0.3) is 12.3 Å². The molecule has 0 bridgehead atoms. The quantitative estimate of drug-likeness (QED) is 0.717. The van der Waals surface area contributed by atoms with E-state index in [1.807, 2.05) is 13.0 Å². The highest BCUT2D eigenvalue weighted by Gasteiger charge is 2.37. The molecule has 1 saturated carbocycles. The number of allylic oxidation sites excluding steroid dienone is 2. The van der Waals surface area contributed by atoms with Crippen molar-refractivity contribution in [2.45, 2.75) is 45.7 Å². The second-order valence-corrected chi connectivity index (χ2v) is 8.32. The number of fused-ring (bicyclic) bond motifs is 1. The number of anilines is 1. The highest BCUT2D eigenvalue weighted by Crippen LogP contribution is 2.34. The lowest BCUT2D eigenvalue weighted by molar-refractivity contribution is -0.117. The third-order valence-corrected chi connectivity index (χ3v) is 5.92. The van der Waals surface area contributed by atoms with E-state index in [4.69, 9.17) is 4.74 Å². The summed E-state index contributed by atoms with van der Waals surface area (Å²) >= 11 is 0. The van der Waals surface area contributed by atoms with Crippen LogP contribution in [0.4, 0.5) is 14.6 Å². The van der Waals surface area contributed by atoms with E-state index in [1.54, 1.807) is 36.0 Å². The standard InChI is InChI=1S/C22H26F2N4O3/c1-12-8-15(9-27(3)22(12)31-11-18(23)24)13(2)28-10-17-16(21(28)30)6-7-25-19(17)26-20(29)14-4-5-14/h6-8,13-14,18H,4-5,9-11H2,1-3H3,(H,25,26,29). The zero-order chi connectivity index (χ0) is 22.3. The lowest BCUT2D eigenvalue weighted by Crippen LogP contribution is -2.39. The fraction of sp³-hybridized carbons (Fsp3) is 0.500. The summed E-state index contributed by atoms with van der Waals surface area (Å²) in [6, 6.07) is 1.46. The molecular formula is C22H26F2N4O3. The van der Waals surface area contributed by atoms with Crippen molar-refractivity contribution in [3.8, 4) is 0 Å². The maximum absolute atomic E-state index is 13.1. The van der Waals surface area contributed by atoms with Crippen LogP contribution in [0.5, 0.6) is 0 Å². The summed E-state index contributed by atoms with van der Waals surface area (Å²) in [6.45, 7) is 3.90. The van der Waals surface area contributed by atoms with Crippen LogP contribution in [0.15, 0.2) is 35.4 Å². The molecule has 0 radical (unpaired) electrons. The maximum atomic E-state index is 13.1. The number of ether oxygens (including phenoxy) is 1. The Labute approximate surface area is 179 Å². The third-order valence-electron chi connectivity index (χ3n) is 5.92. The number of carbonyl (C=O) groups is 2. The van der Waals surface area contributed by atoms with Crippen LogP contribution in [-0.4, -0.2) is 59.3 Å². The first-order chi connectivity index (χ1) is 14.8. The summed E-state index contributed by atoms with van der Waals surface area (Å²) in [6.07, 6.45) is 2.68. The smallest absolute Gasteiger partial charge is 0.272 e. The van der Waals surface area contributed by atoms with Gasteiger partial charge in [0, 0.05) is 42.4 Å². The van der Waals surface area contributed by atoms with Crippen molar-refractivity contribution in [2.75, 3.05) is 25.5 Å². The topological polar surface area (TPSA) is 74.8 Å². The van der Waals surface area contributed by atoms with Crippen molar-refractivity contribution >= 4 is 17.6 Å². The first kappa shape index (κ1) is 21.3. The normalized spacial score (nSPS) is 19.5. The Balaban J connectivity index is 1.52. The minimum atomic E-state index is -2.54. The summed E-state index contributed by atoms with van der Waals surface area (Å²) in [7, 11) is 1.78. The van der Waals surface area contributed by atoms with Gasteiger partial charge in [0.15, 0.2) is 12.5 Å². The predicted molar refractivity (Wildman–Crippen MR) is 110 cm³/mol. The zero-order valence-corrected chi connectivity index (χ0v) is 17.8. The molecule has 2 aliphatic heterocycles. The fourth-order valence-electron chi connectivity index (χ4n) is 4.09. The molecule has 0 aromatic carbocycles. The van der Waals surface area contributed by atoms with Crippen molar-refractivity contribution in [1.82, 2.24) is 14.8 Å². The van der Waals surface area contributed by atoms with Gasteiger partial charge in [-0.15, -0.1) is 0 Å². The van der Waals surface area contributed by atoms with Gasteiger partial charge in [0.1, 0.15) is 5.82 Å². The number of nitrogens with zero attached hydrogens (tertiary/aromatic N) is 3. The molecule has 31 heavy (non-hydrogen) atoms. The van der Waals surface area contributed by atoms with Crippen molar-refractivity contribution in [3.63, 3.8) is 0 Å². The second kappa shape index (κ2) is 8.28. The maximum Gasteiger partial charge on any atom is 0.272 e. The van der Waals surface area contributed by atoms with Gasteiger partial charge in [0.2, 0.25) is 5.91 Å². The SMILES string of the molecule is CC1=C(OCC(F)F)N(C)CC(C(C)N2Cc3c(ccnc3NC(=O)C3CC3)C2=O)=C1. The van der Waals surface area contributed by atoms with Gasteiger partial charge in [-0.2, -0.15) is 0 Å². The van der Waals surface area contributed by atoms with E-state index in [-0.39, 0.29) is 23.8 Å². The summed E-state index contributed by atoms with van der Waals surface area (Å²) in [5.41, 5.74) is 2.99. The van der Waals surface area contributed by atoms with Crippen molar-refractivity contribution in [1.29, 1.82) is 0 Å². The Kier molecular flexibility index (Phi) is 5.68. The fourth-order valence-corrected chi connectivity index (χ4v) is 4.09. The number of hydrogen-bond acceptors (Lipinski definition) is 5. The minimum absolute atomic E-state index is 0.0453. The average Bonchev–Trinajstić information content (AvgIpc) is 3.51. The Morgan fingerprint density at radius 3 is 2.74 bits per heavy atom. The molecule has 4 rings (SSSR count). The van der Waals surface area contributed by atoms with Crippen LogP contribution in [0, 0.1) is 5.92 Å². The molecule has 1 atom stereocenters. The Morgan fingerprint density at radius 1 is 1.35 bits per heavy atom. The lowest BCUT2D eigenvalue weighted by Gasteiger charge is -2.34. The van der Waals surface area contributed by atoms with E-state index in [2.05, 4.69) is 10.3 Å². The number of rotatable bonds is 7. The Bertz CT molecular complexity index is 972. The van der Waals surface area contributed by atoms with E-state index < -0.39 is 13.0 Å². The average molecular weight is 432 g/mol. The van der Waals surface area contributed by atoms with Crippen LogP contribution in [0.25, 0.3) is 0 Å². The lowest BCUT2D eigenvalue weighted by atomic mass is 10.0. The number of alkyl halides is 2. The number of carbonyl (C=O) groups excluding carboxylic acids is 2. The van der Waals surface area contributed by atoms with Gasteiger partial charge in [-0.05, 0) is 38.3 Å². The van der Waals surface area contributed by atoms with Crippen LogP contribution in [0.1, 0.15) is 42.6 Å². The van der Waals surface area contributed by atoms with E-state index in [0.717, 1.165) is 29.6 Å². The van der Waals surface area contributed by atoms with Gasteiger partial charge in [0.05, 0.1) is 12.6 Å². The van der Waals surface area contributed by atoms with Gasteiger partial charge in [-0.1, -0.05) is 6.08 Å². The predicted octanol–water partition coefficient (Wildman–Crippen LogP) is 3.16. The number of hydrogen-bond donors (Lipinski definition) is 1. The van der Waals surface area contributed by atoms with Crippen LogP contribution in [0.2, 0.25) is 0 Å². The molecule has 1 aliphatic carbocycles. The van der Waals surface area contributed by atoms with Gasteiger partial charge < -0.3 is 19.9 Å². The van der Waals surface area contributed by atoms with Crippen molar-refractivity contribution in [3.05, 3.63) is 46.5 Å². The molecule has 0 saturated heterocycles. The monoisotopic (exact) mass is 432 g/mol. The van der Waals surface area contributed by atoms with Crippen LogP contribution in [-0.2, 0) is 16.1 Å². The molecule has 3 heterocycles. The molecule has 7 nitrogen and oxygen atoms in total. The molecule has 1 aromatic heterocycles. The minimum Gasteiger partial charge on any atom is -0.473 e. The van der Waals surface area contributed by atoms with E-state index in [9.17, 15) is 18.4 Å². The molecule has 1 unspecified atom stereocenters. The number of pyridine rings is 1. The molecule has 1 aromatic rings. The first-order valence-corrected chi connectivity index (χ1v) is 10.4. The largest absolute Gasteiger partial charge is 0.473 e. The number of halogens is 2. The first-order valence-electron chi connectivity index (χ1n) is 10.4. The van der Waals surface area contributed by atoms with E-state index in [1.165, 1.54) is 0 Å². The number of aromatic nitrogens is 1. The third kappa shape index (κ3) is 4.26. The van der Waals surface area contributed by atoms with Crippen LogP contribution < -0.4 is 5.32 Å². The highest BCUT2D eigenvalue weighted by molar-refractivity contribution is 6.02. The van der Waals surface area contributed by atoms with E-state index in [0.29, 0.717) is 30.4 Å². The molecule has 1 N–H and O–H groups in total. The molecule has 3 aliphatic rings. The van der Waals surface area contributed by atoms with Gasteiger partial charge >= 0.3 is 0 Å². The molecule has 1 fully saturated rings. The number of likely N-dealkylation sites (N-methyl/N-ethyl adjacent to an activating group) is 1. The number of nitrogens with one attached hydrogen (secondary N) is 1. The Morgan fingerprint density at radius 2 is 2.10 bits per heavy atom. The Hall–Kier alpha value is -2.97. The summed E-state index contributed by atoms with van der Waals surface area (Å²) in [5, 5.41) is 2.87. The molecule has 9 heteroatoms. The number of amides is 2. The van der Waals surface area contributed by atoms with Crippen molar-refractivity contribution in [2.24, 2.45) is 5.92 Å². The summed E-state index contributed by atoms with van der Waals surface area (Å²) < 4.78 is 30.3. The van der Waals surface area contributed by atoms with Crippen LogP contribution >= 0.6 is 0 Å². The highest BCUT2D eigenvalue weighted by atomic mass is 19.3. The van der Waals surface area contributed by atoms with Gasteiger partial charge in [-0.25, -0.2) is 13.8 Å². The van der Waals surface area contributed by atoms with Crippen LogP contribution in [0.3, 0.4) is 0 Å². The molecule has 166 valence electrons. The molecular weight excluding hydrogens is 406 g/mol.